The third-order valence-electron chi connectivity index (χ3n) is 5.17. The van der Waals surface area contributed by atoms with Gasteiger partial charge in [0.25, 0.3) is 0 Å². The quantitative estimate of drug-likeness (QED) is 0.593. The van der Waals surface area contributed by atoms with E-state index in [2.05, 4.69) is 36.4 Å². The summed E-state index contributed by atoms with van der Waals surface area (Å²) >= 11 is 0. The molecule has 0 radical (unpaired) electrons. The molecule has 1 aliphatic carbocycles. The highest BCUT2D eigenvalue weighted by Crippen LogP contribution is 2.40. The van der Waals surface area contributed by atoms with Crippen LogP contribution in [0.3, 0.4) is 0 Å². The van der Waals surface area contributed by atoms with Crippen molar-refractivity contribution in [1.82, 2.24) is 0 Å². The zero-order chi connectivity index (χ0) is 18.5. The number of nitrogens with two attached hydrogens (primary N) is 1. The highest BCUT2D eigenvalue weighted by molar-refractivity contribution is 5.85. The highest BCUT2D eigenvalue weighted by Gasteiger charge is 2.24. The summed E-state index contributed by atoms with van der Waals surface area (Å²) in [4.78, 5) is 0. The van der Waals surface area contributed by atoms with E-state index in [1.165, 1.54) is 11.1 Å². The molecule has 1 unspecified atom stereocenters. The monoisotopic (exact) mass is 395 g/mol. The molecule has 0 aromatic heterocycles. The molecule has 1 aliphatic rings. The molecule has 0 heterocycles. The molecule has 1 atom stereocenters. The lowest BCUT2D eigenvalue weighted by Crippen LogP contribution is -2.09. The van der Waals surface area contributed by atoms with Crippen molar-refractivity contribution in [3.05, 3.63) is 95.1 Å². The molecule has 3 aromatic carbocycles. The summed E-state index contributed by atoms with van der Waals surface area (Å²) in [5.41, 5.74) is 10.9. The van der Waals surface area contributed by atoms with E-state index in [-0.39, 0.29) is 12.4 Å². The summed E-state index contributed by atoms with van der Waals surface area (Å²) in [5.74, 6) is 2.03. The lowest BCUT2D eigenvalue weighted by Gasteiger charge is -2.17. The van der Waals surface area contributed by atoms with Gasteiger partial charge in [0.1, 0.15) is 13.2 Å². The topological polar surface area (TPSA) is 44.5 Å². The van der Waals surface area contributed by atoms with Crippen LogP contribution in [0.1, 0.15) is 34.6 Å². The van der Waals surface area contributed by atoms with E-state index in [0.29, 0.717) is 25.7 Å². The van der Waals surface area contributed by atoms with Crippen LogP contribution in [0.2, 0.25) is 0 Å². The van der Waals surface area contributed by atoms with E-state index >= 15 is 0 Å². The van der Waals surface area contributed by atoms with Gasteiger partial charge < -0.3 is 15.2 Å². The van der Waals surface area contributed by atoms with E-state index in [1.807, 2.05) is 36.4 Å². The van der Waals surface area contributed by atoms with Crippen molar-refractivity contribution >= 4 is 12.4 Å². The van der Waals surface area contributed by atoms with Crippen molar-refractivity contribution in [3.63, 3.8) is 0 Å². The maximum absolute atomic E-state index is 6.16. The molecule has 3 nitrogen and oxygen atoms in total. The molecular weight excluding hydrogens is 370 g/mol. The number of halogens is 1. The smallest absolute Gasteiger partial charge is 0.162 e. The van der Waals surface area contributed by atoms with E-state index in [9.17, 15) is 0 Å². The van der Waals surface area contributed by atoms with Crippen LogP contribution in [0.4, 0.5) is 0 Å². The molecule has 146 valence electrons. The van der Waals surface area contributed by atoms with Crippen LogP contribution in [0, 0.1) is 0 Å². The molecule has 2 N–H and O–H groups in total. The predicted molar refractivity (Wildman–Crippen MR) is 115 cm³/mol. The lowest BCUT2D eigenvalue weighted by atomic mass is 10.0. The number of fused-ring (bicyclic) bond motifs is 1. The van der Waals surface area contributed by atoms with Gasteiger partial charge in [-0.15, -0.1) is 12.4 Å². The van der Waals surface area contributed by atoms with E-state index in [1.54, 1.807) is 0 Å². The van der Waals surface area contributed by atoms with E-state index < -0.39 is 0 Å². The number of hydrogen-bond acceptors (Lipinski definition) is 3. The van der Waals surface area contributed by atoms with Crippen molar-refractivity contribution in [2.24, 2.45) is 5.73 Å². The Kier molecular flexibility index (Phi) is 6.96. The minimum absolute atomic E-state index is 0. The van der Waals surface area contributed by atoms with Crippen LogP contribution in [0.25, 0.3) is 0 Å². The minimum Gasteiger partial charge on any atom is -0.485 e. The molecule has 28 heavy (non-hydrogen) atoms. The zero-order valence-corrected chi connectivity index (χ0v) is 16.7. The second-order valence-corrected chi connectivity index (χ2v) is 7.02. The summed E-state index contributed by atoms with van der Waals surface area (Å²) in [6.07, 6.45) is 2.16. The van der Waals surface area contributed by atoms with Gasteiger partial charge in [0.15, 0.2) is 11.5 Å². The number of benzene rings is 3. The van der Waals surface area contributed by atoms with Gasteiger partial charge in [-0.2, -0.15) is 0 Å². The zero-order valence-electron chi connectivity index (χ0n) is 15.8. The van der Waals surface area contributed by atoms with Crippen LogP contribution in [-0.4, -0.2) is 6.54 Å². The van der Waals surface area contributed by atoms with Gasteiger partial charge in [-0.25, -0.2) is 0 Å². The van der Waals surface area contributed by atoms with E-state index in [0.717, 1.165) is 35.5 Å². The Morgan fingerprint density at radius 1 is 0.786 bits per heavy atom. The highest BCUT2D eigenvalue weighted by atomic mass is 35.5. The Hall–Kier alpha value is -2.49. The fraction of sp³-hybridized carbons (Fsp3) is 0.250. The molecule has 0 saturated heterocycles. The molecule has 0 bridgehead atoms. The Bertz CT molecular complexity index is 884. The average Bonchev–Trinajstić information content (AvgIpc) is 3.13. The van der Waals surface area contributed by atoms with Gasteiger partial charge in [0.2, 0.25) is 0 Å². The van der Waals surface area contributed by atoms with Crippen LogP contribution in [-0.2, 0) is 19.6 Å². The van der Waals surface area contributed by atoms with Gasteiger partial charge in [-0.05, 0) is 59.7 Å². The number of hydrogen-bond donors (Lipinski definition) is 1. The molecule has 0 spiro atoms. The van der Waals surface area contributed by atoms with Crippen molar-refractivity contribution in [2.75, 3.05) is 6.54 Å². The molecule has 0 aliphatic heterocycles. The summed E-state index contributed by atoms with van der Waals surface area (Å²) in [6.45, 7) is 1.73. The first-order valence-corrected chi connectivity index (χ1v) is 9.54. The van der Waals surface area contributed by atoms with Crippen LogP contribution >= 0.6 is 12.4 Å². The van der Waals surface area contributed by atoms with E-state index in [4.69, 9.17) is 15.2 Å². The number of rotatable bonds is 7. The number of aryl methyl sites for hydroxylation is 1. The van der Waals surface area contributed by atoms with Gasteiger partial charge in [-0.3, -0.25) is 0 Å². The van der Waals surface area contributed by atoms with Gasteiger partial charge >= 0.3 is 0 Å². The van der Waals surface area contributed by atoms with Gasteiger partial charge in [0.05, 0.1) is 0 Å². The van der Waals surface area contributed by atoms with Crippen LogP contribution in [0.5, 0.6) is 11.5 Å². The Morgan fingerprint density at radius 3 is 1.86 bits per heavy atom. The molecule has 0 saturated carbocycles. The predicted octanol–water partition coefficient (Wildman–Crippen LogP) is 5.25. The molecule has 4 rings (SSSR count). The Labute approximate surface area is 172 Å². The van der Waals surface area contributed by atoms with Crippen molar-refractivity contribution in [3.8, 4) is 11.5 Å². The van der Waals surface area contributed by atoms with Crippen molar-refractivity contribution in [1.29, 1.82) is 0 Å². The van der Waals surface area contributed by atoms with Crippen molar-refractivity contribution < 1.29 is 9.47 Å². The first-order valence-electron chi connectivity index (χ1n) is 9.54. The summed E-state index contributed by atoms with van der Waals surface area (Å²) in [7, 11) is 0. The van der Waals surface area contributed by atoms with Gasteiger partial charge in [-0.1, -0.05) is 60.7 Å². The maximum Gasteiger partial charge on any atom is 0.162 e. The molecule has 0 fully saturated rings. The van der Waals surface area contributed by atoms with Gasteiger partial charge in [0, 0.05) is 0 Å². The summed E-state index contributed by atoms with van der Waals surface area (Å²) in [6, 6.07) is 24.7. The van der Waals surface area contributed by atoms with Crippen LogP contribution < -0.4 is 15.2 Å². The largest absolute Gasteiger partial charge is 0.485 e. The fourth-order valence-corrected chi connectivity index (χ4v) is 3.64. The molecule has 0 amide bonds. The second-order valence-electron chi connectivity index (χ2n) is 7.02. The molecule has 4 heteroatoms. The normalized spacial score (nSPS) is 14.8. The maximum atomic E-state index is 6.16. The summed E-state index contributed by atoms with van der Waals surface area (Å²) < 4.78 is 12.3. The third kappa shape index (κ3) is 4.67. The SMILES string of the molecule is Cl.NCC1CCc2cc(OCc3ccccc3)c(OCc3ccccc3)cc21. The third-order valence-corrected chi connectivity index (χ3v) is 5.17. The first-order chi connectivity index (χ1) is 13.3. The standard InChI is InChI=1S/C24H25NO2.ClH/c25-15-21-12-11-20-13-23(26-16-18-7-3-1-4-8-18)24(14-22(20)21)27-17-19-9-5-2-6-10-19;/h1-10,13-14,21H,11-12,15-17,25H2;1H. The molecular formula is C24H26ClNO2. The Morgan fingerprint density at radius 2 is 1.32 bits per heavy atom. The fourth-order valence-electron chi connectivity index (χ4n) is 3.64. The summed E-state index contributed by atoms with van der Waals surface area (Å²) in [5, 5.41) is 0. The van der Waals surface area contributed by atoms with Crippen molar-refractivity contribution in [2.45, 2.75) is 32.0 Å². The average molecular weight is 396 g/mol. The second kappa shape index (κ2) is 9.63. The lowest BCUT2D eigenvalue weighted by molar-refractivity contribution is 0.255. The first kappa shape index (κ1) is 20.2. The Balaban J connectivity index is 0.00000225. The molecule has 3 aromatic rings. The number of ether oxygens (including phenoxy) is 2. The van der Waals surface area contributed by atoms with Crippen LogP contribution in [0.15, 0.2) is 72.8 Å². The minimum atomic E-state index is 0.